The summed E-state index contributed by atoms with van der Waals surface area (Å²) in [6.45, 7) is 0. The maximum atomic E-state index is 11.3. The third kappa shape index (κ3) is 4.51. The Bertz CT molecular complexity index is 490. The van der Waals surface area contributed by atoms with Crippen molar-refractivity contribution in [1.29, 1.82) is 0 Å². The molecule has 0 aliphatic heterocycles. The number of benzene rings is 1. The van der Waals surface area contributed by atoms with Crippen molar-refractivity contribution in [3.63, 3.8) is 0 Å². The van der Waals surface area contributed by atoms with E-state index in [1.54, 1.807) is 0 Å². The Morgan fingerprint density at radius 2 is 1.84 bits per heavy atom. The SMILES string of the molecule is CNS(=O)(=O)CCc1ccc(OC2CCCC2)cc1. The average molecular weight is 283 g/mol. The summed E-state index contributed by atoms with van der Waals surface area (Å²) in [6, 6.07) is 7.74. The van der Waals surface area contributed by atoms with E-state index in [2.05, 4.69) is 4.72 Å². The van der Waals surface area contributed by atoms with Gasteiger partial charge in [0, 0.05) is 0 Å². The van der Waals surface area contributed by atoms with E-state index in [1.165, 1.54) is 19.9 Å². The zero-order valence-electron chi connectivity index (χ0n) is 11.3. The molecule has 1 aliphatic carbocycles. The van der Waals surface area contributed by atoms with Crippen LogP contribution in [0.2, 0.25) is 0 Å². The summed E-state index contributed by atoms with van der Waals surface area (Å²) in [5, 5.41) is 0. The first kappa shape index (κ1) is 14.3. The van der Waals surface area contributed by atoms with Crippen molar-refractivity contribution in [3.05, 3.63) is 29.8 Å². The molecular formula is C14H21NO3S. The van der Waals surface area contributed by atoms with E-state index in [4.69, 9.17) is 4.74 Å². The number of ether oxygens (including phenoxy) is 1. The molecule has 1 saturated carbocycles. The molecule has 1 N–H and O–H groups in total. The van der Waals surface area contributed by atoms with Gasteiger partial charge in [-0.3, -0.25) is 0 Å². The molecule has 0 atom stereocenters. The molecular weight excluding hydrogens is 262 g/mol. The lowest BCUT2D eigenvalue weighted by Gasteiger charge is -2.13. The van der Waals surface area contributed by atoms with Gasteiger partial charge in [0.2, 0.25) is 10.0 Å². The van der Waals surface area contributed by atoms with Crippen molar-refractivity contribution in [2.75, 3.05) is 12.8 Å². The highest BCUT2D eigenvalue weighted by atomic mass is 32.2. The molecule has 5 heteroatoms. The summed E-state index contributed by atoms with van der Waals surface area (Å²) >= 11 is 0. The zero-order valence-corrected chi connectivity index (χ0v) is 12.1. The fraction of sp³-hybridized carbons (Fsp3) is 0.571. The topological polar surface area (TPSA) is 55.4 Å². The van der Waals surface area contributed by atoms with Gasteiger partial charge in [0.05, 0.1) is 11.9 Å². The average Bonchev–Trinajstić information content (AvgIpc) is 2.91. The Morgan fingerprint density at radius 1 is 1.21 bits per heavy atom. The lowest BCUT2D eigenvalue weighted by molar-refractivity contribution is 0.210. The zero-order chi connectivity index (χ0) is 13.7. The lowest BCUT2D eigenvalue weighted by Crippen LogP contribution is -2.23. The van der Waals surface area contributed by atoms with Crippen LogP contribution in [0, 0.1) is 0 Å². The van der Waals surface area contributed by atoms with Crippen molar-refractivity contribution in [2.24, 2.45) is 0 Å². The maximum absolute atomic E-state index is 11.3. The highest BCUT2D eigenvalue weighted by molar-refractivity contribution is 7.89. The van der Waals surface area contributed by atoms with Gasteiger partial charge in [-0.1, -0.05) is 12.1 Å². The number of aryl methyl sites for hydroxylation is 1. The van der Waals surface area contributed by atoms with Gasteiger partial charge in [-0.15, -0.1) is 0 Å². The number of hydrogen-bond acceptors (Lipinski definition) is 3. The minimum atomic E-state index is -3.13. The number of rotatable bonds is 6. The van der Waals surface area contributed by atoms with Crippen molar-refractivity contribution >= 4 is 10.0 Å². The van der Waals surface area contributed by atoms with Gasteiger partial charge in [0.15, 0.2) is 0 Å². The summed E-state index contributed by atoms with van der Waals surface area (Å²) in [6.07, 6.45) is 5.67. The van der Waals surface area contributed by atoms with Gasteiger partial charge in [0.1, 0.15) is 5.75 Å². The normalized spacial score (nSPS) is 16.7. The molecule has 1 aliphatic rings. The van der Waals surface area contributed by atoms with Gasteiger partial charge in [-0.05, 0) is 56.8 Å². The molecule has 0 spiro atoms. The van der Waals surface area contributed by atoms with Gasteiger partial charge in [0.25, 0.3) is 0 Å². The van der Waals surface area contributed by atoms with Gasteiger partial charge >= 0.3 is 0 Å². The van der Waals surface area contributed by atoms with Crippen LogP contribution in [0.25, 0.3) is 0 Å². The van der Waals surface area contributed by atoms with Crippen LogP contribution < -0.4 is 9.46 Å². The minimum absolute atomic E-state index is 0.117. The Balaban J connectivity index is 1.87. The molecule has 1 aromatic carbocycles. The molecule has 4 nitrogen and oxygen atoms in total. The predicted molar refractivity (Wildman–Crippen MR) is 75.9 cm³/mol. The summed E-state index contributed by atoms with van der Waals surface area (Å²) < 4.78 is 30.9. The van der Waals surface area contributed by atoms with Crippen LogP contribution >= 0.6 is 0 Å². The van der Waals surface area contributed by atoms with Crippen LogP contribution in [0.1, 0.15) is 31.2 Å². The second kappa shape index (κ2) is 6.39. The van der Waals surface area contributed by atoms with Crippen LogP contribution in [0.15, 0.2) is 24.3 Å². The van der Waals surface area contributed by atoms with E-state index < -0.39 is 10.0 Å². The molecule has 0 heterocycles. The first-order valence-corrected chi connectivity index (χ1v) is 8.41. The highest BCUT2D eigenvalue weighted by Gasteiger charge is 2.16. The first-order chi connectivity index (χ1) is 9.09. The molecule has 0 aromatic heterocycles. The van der Waals surface area contributed by atoms with Gasteiger partial charge < -0.3 is 4.74 Å². The minimum Gasteiger partial charge on any atom is -0.490 e. The maximum Gasteiger partial charge on any atom is 0.211 e. The molecule has 106 valence electrons. The second-order valence-electron chi connectivity index (χ2n) is 4.94. The Labute approximate surface area is 115 Å². The number of nitrogens with one attached hydrogen (secondary N) is 1. The third-order valence-electron chi connectivity index (χ3n) is 3.50. The Morgan fingerprint density at radius 3 is 2.42 bits per heavy atom. The standard InChI is InChI=1S/C14H21NO3S/c1-15-19(16,17)11-10-12-6-8-14(9-7-12)18-13-4-2-3-5-13/h6-9,13,15H,2-5,10-11H2,1H3. The summed E-state index contributed by atoms with van der Waals surface area (Å²) in [5.74, 6) is 0.999. The monoisotopic (exact) mass is 283 g/mol. The molecule has 0 amide bonds. The van der Waals surface area contributed by atoms with Crippen LogP contribution in [-0.4, -0.2) is 27.3 Å². The van der Waals surface area contributed by atoms with Crippen molar-refractivity contribution in [1.82, 2.24) is 4.72 Å². The van der Waals surface area contributed by atoms with Crippen molar-refractivity contribution in [3.8, 4) is 5.75 Å². The Kier molecular flexibility index (Phi) is 4.82. The summed E-state index contributed by atoms with van der Waals surface area (Å²) in [7, 11) is -1.69. The van der Waals surface area contributed by atoms with E-state index in [0.717, 1.165) is 24.2 Å². The van der Waals surface area contributed by atoms with E-state index in [-0.39, 0.29) is 5.75 Å². The van der Waals surface area contributed by atoms with Crippen molar-refractivity contribution < 1.29 is 13.2 Å². The molecule has 1 aromatic rings. The third-order valence-corrected chi connectivity index (χ3v) is 4.86. The quantitative estimate of drug-likeness (QED) is 0.870. The fourth-order valence-electron chi connectivity index (χ4n) is 2.29. The van der Waals surface area contributed by atoms with Crippen LogP contribution in [-0.2, 0) is 16.4 Å². The summed E-state index contributed by atoms with van der Waals surface area (Å²) in [5.41, 5.74) is 1.01. The van der Waals surface area contributed by atoms with Crippen LogP contribution in [0.3, 0.4) is 0 Å². The lowest BCUT2D eigenvalue weighted by atomic mass is 10.2. The smallest absolute Gasteiger partial charge is 0.211 e. The van der Waals surface area contributed by atoms with Crippen LogP contribution in [0.5, 0.6) is 5.75 Å². The molecule has 0 unspecified atom stereocenters. The number of sulfonamides is 1. The van der Waals surface area contributed by atoms with E-state index in [0.29, 0.717) is 12.5 Å². The first-order valence-electron chi connectivity index (χ1n) is 6.76. The molecule has 19 heavy (non-hydrogen) atoms. The van der Waals surface area contributed by atoms with Crippen LogP contribution in [0.4, 0.5) is 0 Å². The van der Waals surface area contributed by atoms with E-state index >= 15 is 0 Å². The number of hydrogen-bond donors (Lipinski definition) is 1. The predicted octanol–water partition coefficient (Wildman–Crippen LogP) is 2.10. The molecule has 2 rings (SSSR count). The molecule has 0 bridgehead atoms. The molecule has 1 fully saturated rings. The Hall–Kier alpha value is -1.07. The van der Waals surface area contributed by atoms with Gasteiger partial charge in [-0.2, -0.15) is 0 Å². The van der Waals surface area contributed by atoms with Crippen molar-refractivity contribution in [2.45, 2.75) is 38.2 Å². The largest absolute Gasteiger partial charge is 0.490 e. The van der Waals surface area contributed by atoms with E-state index in [1.807, 2.05) is 24.3 Å². The molecule has 0 radical (unpaired) electrons. The highest BCUT2D eigenvalue weighted by Crippen LogP contribution is 2.24. The summed E-state index contributed by atoms with van der Waals surface area (Å²) in [4.78, 5) is 0. The fourth-order valence-corrected chi connectivity index (χ4v) is 3.00. The van der Waals surface area contributed by atoms with E-state index in [9.17, 15) is 8.42 Å². The molecule has 0 saturated heterocycles. The second-order valence-corrected chi connectivity index (χ2v) is 6.99. The van der Waals surface area contributed by atoms with Gasteiger partial charge in [-0.25, -0.2) is 13.1 Å².